The Kier molecular flexibility index (Phi) is 7.51. The van der Waals surface area contributed by atoms with Gasteiger partial charge in [0.25, 0.3) is 0 Å². The van der Waals surface area contributed by atoms with Crippen LogP contribution in [0.5, 0.6) is 0 Å². The maximum Gasteiger partial charge on any atom is 0.125 e. The first-order valence-electron chi connectivity index (χ1n) is 11.0. The van der Waals surface area contributed by atoms with Gasteiger partial charge in [-0.3, -0.25) is 0 Å². The van der Waals surface area contributed by atoms with Crippen molar-refractivity contribution in [3.8, 4) is 12.3 Å². The minimum Gasteiger partial charge on any atom is -0.380 e. The molecule has 0 spiro atoms. The van der Waals surface area contributed by atoms with Gasteiger partial charge in [-0.05, 0) is 65.6 Å². The lowest BCUT2D eigenvalue weighted by molar-refractivity contribution is 0.139. The standard InChI is InChI=1S/C28H26F2N2O/c1-2-21-3-5-22(6-4-21)12-15-33-16-13-31-19-24-17-26(30)18-28-27(24)11-14-32(28)20-23-7-9-25(29)10-8-23/h1,3-11,14,17-18,31H,12-13,15-16,19-20H2. The molecule has 1 aromatic heterocycles. The predicted octanol–water partition coefficient (Wildman–Crippen LogP) is 5.30. The minimum atomic E-state index is -0.273. The molecule has 0 radical (unpaired) electrons. The van der Waals surface area contributed by atoms with Crippen molar-refractivity contribution >= 4 is 10.9 Å². The summed E-state index contributed by atoms with van der Waals surface area (Å²) in [6.07, 6.45) is 8.14. The average molecular weight is 445 g/mol. The second kappa shape index (κ2) is 10.9. The highest BCUT2D eigenvalue weighted by Gasteiger charge is 2.09. The van der Waals surface area contributed by atoms with E-state index in [4.69, 9.17) is 11.2 Å². The zero-order valence-electron chi connectivity index (χ0n) is 18.4. The van der Waals surface area contributed by atoms with Gasteiger partial charge in [0.1, 0.15) is 11.6 Å². The van der Waals surface area contributed by atoms with Crippen LogP contribution in [0.4, 0.5) is 8.78 Å². The summed E-state index contributed by atoms with van der Waals surface area (Å²) in [5.74, 6) is 2.07. The van der Waals surface area contributed by atoms with Crippen LogP contribution in [0.25, 0.3) is 10.9 Å². The second-order valence-electron chi connectivity index (χ2n) is 7.95. The number of ether oxygens (including phenoxy) is 1. The van der Waals surface area contributed by atoms with Gasteiger partial charge in [-0.15, -0.1) is 6.42 Å². The predicted molar refractivity (Wildman–Crippen MR) is 128 cm³/mol. The molecule has 3 nitrogen and oxygen atoms in total. The Morgan fingerprint density at radius 3 is 2.39 bits per heavy atom. The van der Waals surface area contributed by atoms with Gasteiger partial charge >= 0.3 is 0 Å². The molecule has 0 aliphatic rings. The Morgan fingerprint density at radius 2 is 1.64 bits per heavy atom. The molecule has 0 bridgehead atoms. The molecule has 0 aliphatic heterocycles. The normalized spacial score (nSPS) is 11.1. The van der Waals surface area contributed by atoms with Crippen molar-refractivity contribution < 1.29 is 13.5 Å². The number of hydrogen-bond donors (Lipinski definition) is 1. The van der Waals surface area contributed by atoms with Crippen molar-refractivity contribution in [1.29, 1.82) is 0 Å². The second-order valence-corrected chi connectivity index (χ2v) is 7.95. The lowest BCUT2D eigenvalue weighted by Gasteiger charge is -2.10. The first-order valence-corrected chi connectivity index (χ1v) is 11.0. The number of rotatable bonds is 10. The third-order valence-electron chi connectivity index (χ3n) is 5.60. The highest BCUT2D eigenvalue weighted by molar-refractivity contribution is 5.84. The van der Waals surface area contributed by atoms with E-state index in [1.54, 1.807) is 24.3 Å². The number of nitrogens with one attached hydrogen (secondary N) is 1. The van der Waals surface area contributed by atoms with Crippen LogP contribution in [-0.2, 0) is 24.2 Å². The van der Waals surface area contributed by atoms with E-state index in [2.05, 4.69) is 11.2 Å². The molecule has 1 heterocycles. The maximum absolute atomic E-state index is 14.3. The van der Waals surface area contributed by atoms with E-state index in [1.165, 1.54) is 17.7 Å². The molecule has 0 saturated carbocycles. The number of benzene rings is 3. The topological polar surface area (TPSA) is 26.2 Å². The Balaban J connectivity index is 1.27. The first kappa shape index (κ1) is 22.7. The summed E-state index contributed by atoms with van der Waals surface area (Å²) in [5, 5.41) is 4.34. The van der Waals surface area contributed by atoms with Gasteiger partial charge in [0.2, 0.25) is 0 Å². The summed E-state index contributed by atoms with van der Waals surface area (Å²) in [7, 11) is 0. The van der Waals surface area contributed by atoms with Crippen LogP contribution in [0.1, 0.15) is 22.3 Å². The highest BCUT2D eigenvalue weighted by atomic mass is 19.1. The molecule has 5 heteroatoms. The number of aromatic nitrogens is 1. The third kappa shape index (κ3) is 6.07. The summed E-state index contributed by atoms with van der Waals surface area (Å²) in [5.41, 5.74) is 4.75. The van der Waals surface area contributed by atoms with Crippen molar-refractivity contribution in [2.24, 2.45) is 0 Å². The van der Waals surface area contributed by atoms with Crippen molar-refractivity contribution in [3.63, 3.8) is 0 Å². The van der Waals surface area contributed by atoms with E-state index in [0.29, 0.717) is 32.8 Å². The van der Waals surface area contributed by atoms with Crippen LogP contribution in [0.15, 0.2) is 72.9 Å². The summed E-state index contributed by atoms with van der Waals surface area (Å²) in [6.45, 7) is 2.98. The monoisotopic (exact) mass is 444 g/mol. The Bertz CT molecular complexity index is 1240. The van der Waals surface area contributed by atoms with E-state index in [1.807, 2.05) is 41.1 Å². The van der Waals surface area contributed by atoms with E-state index < -0.39 is 0 Å². The van der Waals surface area contributed by atoms with E-state index >= 15 is 0 Å². The molecule has 168 valence electrons. The van der Waals surface area contributed by atoms with Crippen molar-refractivity contribution in [3.05, 3.63) is 107 Å². The zero-order chi connectivity index (χ0) is 23.0. The molecule has 0 amide bonds. The third-order valence-corrected chi connectivity index (χ3v) is 5.60. The van der Waals surface area contributed by atoms with Gasteiger partial charge < -0.3 is 14.6 Å². The molecule has 0 unspecified atom stereocenters. The molecule has 3 aromatic carbocycles. The average Bonchev–Trinajstić information content (AvgIpc) is 3.22. The molecule has 4 aromatic rings. The highest BCUT2D eigenvalue weighted by Crippen LogP contribution is 2.23. The van der Waals surface area contributed by atoms with Gasteiger partial charge in [-0.1, -0.05) is 30.2 Å². The fraction of sp³-hybridized carbons (Fsp3) is 0.214. The Labute approximate surface area is 193 Å². The molecule has 0 atom stereocenters. The minimum absolute atomic E-state index is 0.266. The van der Waals surface area contributed by atoms with Gasteiger partial charge in [0, 0.05) is 36.8 Å². The molecule has 0 fully saturated rings. The van der Waals surface area contributed by atoms with Crippen molar-refractivity contribution in [2.45, 2.75) is 19.5 Å². The number of terminal acetylenes is 1. The fourth-order valence-electron chi connectivity index (χ4n) is 3.83. The quantitative estimate of drug-likeness (QED) is 0.265. The van der Waals surface area contributed by atoms with E-state index in [-0.39, 0.29) is 11.6 Å². The molecular weight excluding hydrogens is 418 g/mol. The van der Waals surface area contributed by atoms with Crippen LogP contribution < -0.4 is 5.32 Å². The number of hydrogen-bond acceptors (Lipinski definition) is 2. The lowest BCUT2D eigenvalue weighted by Crippen LogP contribution is -2.20. The van der Waals surface area contributed by atoms with Crippen LogP contribution in [0.2, 0.25) is 0 Å². The SMILES string of the molecule is C#Cc1ccc(CCOCCNCc2cc(F)cc3c2ccn3Cc2ccc(F)cc2)cc1. The lowest BCUT2D eigenvalue weighted by atomic mass is 10.1. The molecule has 0 aliphatic carbocycles. The number of fused-ring (bicyclic) bond motifs is 1. The van der Waals surface area contributed by atoms with E-state index in [0.717, 1.165) is 34.0 Å². The fourth-order valence-corrected chi connectivity index (χ4v) is 3.83. The molecule has 4 rings (SSSR count). The smallest absolute Gasteiger partial charge is 0.125 e. The van der Waals surface area contributed by atoms with Gasteiger partial charge in [0.05, 0.1) is 18.7 Å². The van der Waals surface area contributed by atoms with Crippen LogP contribution >= 0.6 is 0 Å². The van der Waals surface area contributed by atoms with Gasteiger partial charge in [-0.2, -0.15) is 0 Å². The summed E-state index contributed by atoms with van der Waals surface area (Å²) in [6, 6.07) is 19.4. The van der Waals surface area contributed by atoms with Gasteiger partial charge in [-0.25, -0.2) is 8.78 Å². The number of nitrogens with zero attached hydrogens (tertiary/aromatic N) is 1. The summed E-state index contributed by atoms with van der Waals surface area (Å²) in [4.78, 5) is 0. The zero-order valence-corrected chi connectivity index (χ0v) is 18.4. The number of halogens is 2. The molecule has 33 heavy (non-hydrogen) atoms. The molecular formula is C28H26F2N2O. The Morgan fingerprint density at radius 1 is 0.879 bits per heavy atom. The maximum atomic E-state index is 14.3. The molecule has 0 saturated heterocycles. The van der Waals surface area contributed by atoms with Crippen LogP contribution in [0, 0.1) is 24.0 Å². The Hall–Kier alpha value is -3.46. The van der Waals surface area contributed by atoms with Gasteiger partial charge in [0.15, 0.2) is 0 Å². The summed E-state index contributed by atoms with van der Waals surface area (Å²) >= 11 is 0. The van der Waals surface area contributed by atoms with Crippen molar-refractivity contribution in [1.82, 2.24) is 9.88 Å². The molecule has 1 N–H and O–H groups in total. The van der Waals surface area contributed by atoms with Crippen LogP contribution in [0.3, 0.4) is 0 Å². The summed E-state index contributed by atoms with van der Waals surface area (Å²) < 4.78 is 35.2. The van der Waals surface area contributed by atoms with Crippen LogP contribution in [-0.4, -0.2) is 24.3 Å². The largest absolute Gasteiger partial charge is 0.380 e. The van der Waals surface area contributed by atoms with Crippen molar-refractivity contribution in [2.75, 3.05) is 19.8 Å². The first-order chi connectivity index (χ1) is 16.1. The van der Waals surface area contributed by atoms with E-state index in [9.17, 15) is 8.78 Å².